The van der Waals surface area contributed by atoms with Crippen molar-refractivity contribution >= 4 is 46.6 Å². The first kappa shape index (κ1) is 38.5. The van der Waals surface area contributed by atoms with Crippen molar-refractivity contribution < 1.29 is 49.1 Å². The average molecular weight is 754 g/mol. The summed E-state index contributed by atoms with van der Waals surface area (Å²) in [5, 5.41) is 51.6. The number of hydrogen-bond donors (Lipinski definition) is 7. The van der Waals surface area contributed by atoms with Crippen LogP contribution in [0.25, 0.3) is 5.76 Å². The van der Waals surface area contributed by atoms with Crippen molar-refractivity contribution in [3.05, 3.63) is 99.8 Å². The number of aliphatic hydroxyl groups is 3. The number of nitrogens with two attached hydrogens (primary N) is 1. The van der Waals surface area contributed by atoms with Crippen molar-refractivity contribution in [3.8, 4) is 11.5 Å². The van der Waals surface area contributed by atoms with Crippen LogP contribution in [0.3, 0.4) is 0 Å². The Balaban J connectivity index is 1.21. The van der Waals surface area contributed by atoms with Crippen molar-refractivity contribution in [3.63, 3.8) is 0 Å². The summed E-state index contributed by atoms with van der Waals surface area (Å²) < 4.78 is 5.39. The standard InChI is InChI=1S/C40H43N5O10/c1-44(2)27-18-22(19-42-39(53)55-24-13-11-23(12-14-24)43-28(46)15-10-20-8-6-5-7-9-20)33(47)30-25(27)16-21-17-26-32(45(3)4)35(49)31(38(41)52)37(51)40(26,54)36(50)29(21)34(30)48/h5-9,11-14,18,21,26,32,47-48,51,54H,10,15-17,19H2,1-4H3,(H2,41,52)(H,42,53)(H,43,46). The Morgan fingerprint density at radius 3 is 2.27 bits per heavy atom. The van der Waals surface area contributed by atoms with Gasteiger partial charge in [-0.05, 0) is 80.7 Å². The Bertz CT molecular complexity index is 2140. The van der Waals surface area contributed by atoms with Gasteiger partial charge in [0.15, 0.2) is 11.4 Å². The Kier molecular flexibility index (Phi) is 10.4. The fourth-order valence-corrected chi connectivity index (χ4v) is 7.92. The van der Waals surface area contributed by atoms with E-state index in [4.69, 9.17) is 10.5 Å². The number of carbonyl (C=O) groups is 5. The third kappa shape index (κ3) is 6.99. The minimum Gasteiger partial charge on any atom is -0.508 e. The fraction of sp³-hybridized carbons (Fsp3) is 0.325. The van der Waals surface area contributed by atoms with E-state index in [0.717, 1.165) is 5.56 Å². The predicted octanol–water partition coefficient (Wildman–Crippen LogP) is 2.89. The maximum absolute atomic E-state index is 14.2. The lowest BCUT2D eigenvalue weighted by atomic mass is 9.57. The number of primary amides is 1. The lowest BCUT2D eigenvalue weighted by molar-refractivity contribution is -0.153. The van der Waals surface area contributed by atoms with Crippen LogP contribution in [0.15, 0.2) is 77.6 Å². The molecule has 0 radical (unpaired) electrons. The van der Waals surface area contributed by atoms with E-state index in [-0.39, 0.29) is 47.7 Å². The van der Waals surface area contributed by atoms with Crippen LogP contribution in [0, 0.1) is 11.8 Å². The summed E-state index contributed by atoms with van der Waals surface area (Å²) in [6, 6.07) is 16.3. The molecule has 3 aromatic rings. The molecule has 288 valence electrons. The number of phenols is 1. The van der Waals surface area contributed by atoms with Crippen LogP contribution < -0.4 is 26.0 Å². The number of aromatic hydroxyl groups is 1. The van der Waals surface area contributed by atoms with Crippen LogP contribution in [0.5, 0.6) is 11.5 Å². The van der Waals surface area contributed by atoms with Gasteiger partial charge in [0, 0.05) is 55.5 Å². The molecule has 0 saturated heterocycles. The maximum Gasteiger partial charge on any atom is 0.412 e. The van der Waals surface area contributed by atoms with E-state index in [1.807, 2.05) is 30.3 Å². The first-order valence-corrected chi connectivity index (χ1v) is 17.6. The van der Waals surface area contributed by atoms with Gasteiger partial charge in [-0.3, -0.25) is 24.1 Å². The van der Waals surface area contributed by atoms with Crippen molar-refractivity contribution in [1.29, 1.82) is 0 Å². The molecule has 15 heteroatoms. The first-order chi connectivity index (χ1) is 26.0. The van der Waals surface area contributed by atoms with Crippen molar-refractivity contribution in [2.45, 2.75) is 43.9 Å². The van der Waals surface area contributed by atoms with Crippen molar-refractivity contribution in [2.75, 3.05) is 38.4 Å². The molecule has 55 heavy (non-hydrogen) atoms. The number of benzene rings is 3. The molecule has 0 aromatic heterocycles. The van der Waals surface area contributed by atoms with Gasteiger partial charge in [0.05, 0.1) is 11.6 Å². The molecule has 0 bridgehead atoms. The molecule has 0 aliphatic heterocycles. The number of ether oxygens (including phenoxy) is 1. The highest BCUT2D eigenvalue weighted by molar-refractivity contribution is 6.24. The Morgan fingerprint density at radius 2 is 1.65 bits per heavy atom. The minimum atomic E-state index is -2.76. The molecule has 4 unspecified atom stereocenters. The molecule has 0 spiro atoms. The summed E-state index contributed by atoms with van der Waals surface area (Å²) in [5.41, 5.74) is 4.13. The molecule has 8 N–H and O–H groups in total. The molecule has 0 heterocycles. The third-order valence-electron chi connectivity index (χ3n) is 10.5. The van der Waals surface area contributed by atoms with E-state index in [1.54, 1.807) is 37.2 Å². The molecule has 15 nitrogen and oxygen atoms in total. The SMILES string of the molecule is CN(C)c1cc(CNC(=O)Oc2ccc(NC(=O)CCc3ccccc3)cc2)c(O)c2c1CC1CC3C(N(C)C)C(=O)C(C(N)=O)=C(O)C3(O)C(=O)C1=C2O. The number of rotatable bonds is 10. The first-order valence-electron chi connectivity index (χ1n) is 17.6. The lowest BCUT2D eigenvalue weighted by Gasteiger charge is -2.50. The quantitative estimate of drug-likeness (QED) is 0.148. The van der Waals surface area contributed by atoms with Crippen LogP contribution in [0.1, 0.15) is 35.1 Å². The van der Waals surface area contributed by atoms with Crippen LogP contribution in [-0.4, -0.2) is 94.6 Å². The number of amides is 3. The minimum absolute atomic E-state index is 0.0455. The van der Waals surface area contributed by atoms with Gasteiger partial charge in [0.1, 0.15) is 28.6 Å². The monoisotopic (exact) mass is 753 g/mol. The molecule has 3 aliphatic rings. The van der Waals surface area contributed by atoms with Crippen molar-refractivity contribution in [1.82, 2.24) is 10.2 Å². The summed E-state index contributed by atoms with van der Waals surface area (Å²) in [6.45, 7) is -0.265. The van der Waals surface area contributed by atoms with Crippen LogP contribution in [0.2, 0.25) is 0 Å². The molecular weight excluding hydrogens is 710 g/mol. The number of carbonyl (C=O) groups excluding carboxylic acids is 5. The van der Waals surface area contributed by atoms with E-state index in [2.05, 4.69) is 10.6 Å². The van der Waals surface area contributed by atoms with Gasteiger partial charge in [-0.1, -0.05) is 30.3 Å². The van der Waals surface area contributed by atoms with Gasteiger partial charge in [-0.2, -0.15) is 0 Å². The number of anilines is 2. The van der Waals surface area contributed by atoms with E-state index in [1.165, 1.54) is 31.1 Å². The normalized spacial score (nSPS) is 21.7. The smallest absolute Gasteiger partial charge is 0.412 e. The molecular formula is C40H43N5O10. The van der Waals surface area contributed by atoms with Gasteiger partial charge < -0.3 is 46.4 Å². The van der Waals surface area contributed by atoms with Gasteiger partial charge in [-0.25, -0.2) is 4.79 Å². The summed E-state index contributed by atoms with van der Waals surface area (Å²) in [4.78, 5) is 68.3. The largest absolute Gasteiger partial charge is 0.508 e. The fourth-order valence-electron chi connectivity index (χ4n) is 7.92. The molecule has 6 rings (SSSR count). The van der Waals surface area contributed by atoms with E-state index < -0.39 is 69.9 Å². The number of hydrogen-bond acceptors (Lipinski definition) is 12. The number of likely N-dealkylation sites (N-methyl/N-ethyl adjacent to an activating group) is 1. The highest BCUT2D eigenvalue weighted by atomic mass is 16.6. The summed E-state index contributed by atoms with van der Waals surface area (Å²) in [7, 11) is 6.55. The highest BCUT2D eigenvalue weighted by Crippen LogP contribution is 2.54. The summed E-state index contributed by atoms with van der Waals surface area (Å²) in [5.74, 6) is -7.45. The topological polar surface area (TPSA) is 232 Å². The van der Waals surface area contributed by atoms with Gasteiger partial charge in [0.2, 0.25) is 11.7 Å². The predicted molar refractivity (Wildman–Crippen MR) is 201 cm³/mol. The molecule has 1 fully saturated rings. The molecule has 3 aliphatic carbocycles. The second kappa shape index (κ2) is 14.9. The summed E-state index contributed by atoms with van der Waals surface area (Å²) >= 11 is 0. The number of nitrogens with zero attached hydrogens (tertiary/aromatic N) is 2. The number of ketones is 2. The third-order valence-corrected chi connectivity index (χ3v) is 10.5. The van der Waals surface area contributed by atoms with E-state index in [9.17, 15) is 44.4 Å². The maximum atomic E-state index is 14.2. The van der Waals surface area contributed by atoms with Crippen LogP contribution in [-0.2, 0) is 38.6 Å². The van der Waals surface area contributed by atoms with E-state index >= 15 is 0 Å². The second-order valence-corrected chi connectivity index (χ2v) is 14.4. The number of phenolic OH excluding ortho intramolecular Hbond substituents is 1. The van der Waals surface area contributed by atoms with Crippen LogP contribution in [0.4, 0.5) is 16.2 Å². The highest BCUT2D eigenvalue weighted by Gasteiger charge is 2.64. The number of Topliss-reactive ketones (excluding diaryl/α,β-unsaturated/α-hetero) is 2. The zero-order valence-electron chi connectivity index (χ0n) is 30.8. The van der Waals surface area contributed by atoms with Gasteiger partial charge in [0.25, 0.3) is 5.91 Å². The molecule has 3 amide bonds. The Hall–Kier alpha value is -6.19. The number of aryl methyl sites for hydroxylation is 1. The lowest BCUT2D eigenvalue weighted by Crippen LogP contribution is -2.65. The van der Waals surface area contributed by atoms with Crippen molar-refractivity contribution in [2.24, 2.45) is 17.6 Å². The van der Waals surface area contributed by atoms with E-state index in [0.29, 0.717) is 29.8 Å². The number of fused-ring (bicyclic) bond motifs is 3. The molecule has 1 saturated carbocycles. The van der Waals surface area contributed by atoms with Gasteiger partial charge >= 0.3 is 6.09 Å². The number of aliphatic hydroxyl groups excluding tert-OH is 2. The average Bonchev–Trinajstić information content (AvgIpc) is 3.12. The zero-order chi connectivity index (χ0) is 39.9. The van der Waals surface area contributed by atoms with Gasteiger partial charge in [-0.15, -0.1) is 0 Å². The Labute approximate surface area is 316 Å². The Morgan fingerprint density at radius 1 is 0.982 bits per heavy atom. The summed E-state index contributed by atoms with van der Waals surface area (Å²) in [6.07, 6.45) is 0.0785. The second-order valence-electron chi connectivity index (χ2n) is 14.4. The zero-order valence-corrected chi connectivity index (χ0v) is 30.8. The van der Waals surface area contributed by atoms with Crippen LogP contribution >= 0.6 is 0 Å². The molecule has 4 atom stereocenters. The number of nitrogens with one attached hydrogen (secondary N) is 2. The molecule has 3 aromatic carbocycles.